The van der Waals surface area contributed by atoms with Gasteiger partial charge in [-0.1, -0.05) is 12.1 Å². The van der Waals surface area contributed by atoms with Crippen LogP contribution >= 0.6 is 0 Å². The number of aromatic amines is 2. The summed E-state index contributed by atoms with van der Waals surface area (Å²) in [7, 11) is -4.31. The maximum atomic E-state index is 12.7. The zero-order chi connectivity index (χ0) is 18.9. The average Bonchev–Trinajstić information content (AvgIpc) is 3.07. The summed E-state index contributed by atoms with van der Waals surface area (Å²) in [5.74, 6) is -0.270. The molecule has 3 N–H and O–H groups in total. The van der Waals surface area contributed by atoms with Crippen molar-refractivity contribution in [3.8, 4) is 0 Å². The highest BCUT2D eigenvalue weighted by Crippen LogP contribution is 2.22. The number of nitrogens with zero attached hydrogens (tertiary/aromatic N) is 1. The van der Waals surface area contributed by atoms with Crippen molar-refractivity contribution >= 4 is 21.6 Å². The van der Waals surface area contributed by atoms with Gasteiger partial charge in [-0.2, -0.15) is 0 Å². The quantitative estimate of drug-likeness (QED) is 0.709. The second-order valence-electron chi connectivity index (χ2n) is 6.01. The lowest BCUT2D eigenvalue weighted by Gasteiger charge is -2.18. The zero-order valence-corrected chi connectivity index (χ0v) is 14.9. The summed E-state index contributed by atoms with van der Waals surface area (Å²) in [6, 6.07) is 6.21. The zero-order valence-electron chi connectivity index (χ0n) is 14.0. The van der Waals surface area contributed by atoms with Crippen LogP contribution in [-0.2, 0) is 10.0 Å². The minimum absolute atomic E-state index is 0.0781. The summed E-state index contributed by atoms with van der Waals surface area (Å²) >= 11 is 0. The van der Waals surface area contributed by atoms with Gasteiger partial charge in [-0.3, -0.25) is 19.3 Å². The van der Waals surface area contributed by atoms with E-state index in [-0.39, 0.29) is 22.9 Å². The second-order valence-corrected chi connectivity index (χ2v) is 7.63. The number of para-hydroxylation sites is 1. The first-order valence-corrected chi connectivity index (χ1v) is 9.52. The molecule has 1 aliphatic heterocycles. The summed E-state index contributed by atoms with van der Waals surface area (Å²) < 4.78 is 27.6. The van der Waals surface area contributed by atoms with E-state index < -0.39 is 26.2 Å². The van der Waals surface area contributed by atoms with Gasteiger partial charge in [0.2, 0.25) is 0 Å². The molecule has 138 valence electrons. The number of carbonyl (C=O) groups is 1. The topological polar surface area (TPSA) is 132 Å². The monoisotopic (exact) mass is 378 g/mol. The van der Waals surface area contributed by atoms with Crippen molar-refractivity contribution in [2.45, 2.75) is 24.7 Å². The predicted molar refractivity (Wildman–Crippen MR) is 94.8 cm³/mol. The SMILES string of the molecule is Cc1[nH]c(=O)[nH]c(=O)c1S(=O)(=O)Nc1ccccc1C(=O)N1CCCC1. The third kappa shape index (κ3) is 3.40. The maximum Gasteiger partial charge on any atom is 0.325 e. The molecule has 0 atom stereocenters. The van der Waals surface area contributed by atoms with Gasteiger partial charge in [-0.25, -0.2) is 13.2 Å². The number of anilines is 1. The number of nitrogens with one attached hydrogen (secondary N) is 3. The molecule has 2 heterocycles. The van der Waals surface area contributed by atoms with E-state index in [1.165, 1.54) is 19.1 Å². The third-order valence-corrected chi connectivity index (χ3v) is 5.66. The van der Waals surface area contributed by atoms with E-state index in [4.69, 9.17) is 0 Å². The molecule has 1 aromatic heterocycles. The Bertz CT molecular complexity index is 1060. The summed E-state index contributed by atoms with van der Waals surface area (Å²) in [6.45, 7) is 2.56. The van der Waals surface area contributed by atoms with Gasteiger partial charge >= 0.3 is 5.69 Å². The molecule has 0 unspecified atom stereocenters. The van der Waals surface area contributed by atoms with Crippen molar-refractivity contribution in [3.05, 3.63) is 56.4 Å². The lowest BCUT2D eigenvalue weighted by atomic mass is 10.1. The fourth-order valence-corrected chi connectivity index (χ4v) is 4.28. The van der Waals surface area contributed by atoms with Gasteiger partial charge in [0.25, 0.3) is 21.5 Å². The highest BCUT2D eigenvalue weighted by Gasteiger charge is 2.26. The smallest absolute Gasteiger partial charge is 0.325 e. The number of carbonyl (C=O) groups excluding carboxylic acids is 1. The van der Waals surface area contributed by atoms with Crippen molar-refractivity contribution in [2.24, 2.45) is 0 Å². The Morgan fingerprint density at radius 2 is 1.77 bits per heavy atom. The third-order valence-electron chi connectivity index (χ3n) is 4.14. The first-order chi connectivity index (χ1) is 12.3. The van der Waals surface area contributed by atoms with Crippen LogP contribution in [0.25, 0.3) is 0 Å². The Balaban J connectivity index is 2.00. The molecular formula is C16H18N4O5S. The van der Waals surface area contributed by atoms with Crippen LogP contribution in [-0.4, -0.2) is 42.3 Å². The average molecular weight is 378 g/mol. The van der Waals surface area contributed by atoms with E-state index >= 15 is 0 Å². The number of hydrogen-bond donors (Lipinski definition) is 3. The number of benzene rings is 1. The number of amides is 1. The fraction of sp³-hybridized carbons (Fsp3) is 0.312. The van der Waals surface area contributed by atoms with E-state index in [9.17, 15) is 22.8 Å². The number of likely N-dealkylation sites (tertiary alicyclic amines) is 1. The molecule has 1 aliphatic rings. The number of H-pyrrole nitrogens is 2. The minimum Gasteiger partial charge on any atom is -0.339 e. The molecule has 10 heteroatoms. The van der Waals surface area contributed by atoms with Crippen LogP contribution in [0, 0.1) is 6.92 Å². The molecule has 0 saturated carbocycles. The molecule has 2 aromatic rings. The molecule has 26 heavy (non-hydrogen) atoms. The highest BCUT2D eigenvalue weighted by molar-refractivity contribution is 7.92. The second kappa shape index (κ2) is 6.79. The molecule has 0 spiro atoms. The van der Waals surface area contributed by atoms with Crippen LogP contribution in [0.5, 0.6) is 0 Å². The van der Waals surface area contributed by atoms with Crippen LogP contribution in [0.4, 0.5) is 5.69 Å². The van der Waals surface area contributed by atoms with E-state index in [1.54, 1.807) is 17.0 Å². The standard InChI is InChI=1S/C16H18N4O5S/c1-10-13(14(21)18-16(23)17-10)26(24,25)19-12-7-3-2-6-11(12)15(22)20-8-4-5-9-20/h2-3,6-7,19H,4-5,8-9H2,1H3,(H2,17,18,21,23). The number of hydrogen-bond acceptors (Lipinski definition) is 5. The fourth-order valence-electron chi connectivity index (χ4n) is 2.96. The van der Waals surface area contributed by atoms with Gasteiger partial charge in [-0.15, -0.1) is 0 Å². The van der Waals surface area contributed by atoms with E-state index in [2.05, 4.69) is 9.71 Å². The molecule has 0 aliphatic carbocycles. The number of sulfonamides is 1. The molecule has 0 bridgehead atoms. The van der Waals surface area contributed by atoms with Gasteiger partial charge in [0.1, 0.15) is 0 Å². The molecule has 1 amide bonds. The van der Waals surface area contributed by atoms with Gasteiger partial charge < -0.3 is 9.88 Å². The highest BCUT2D eigenvalue weighted by atomic mass is 32.2. The van der Waals surface area contributed by atoms with Crippen LogP contribution in [0.3, 0.4) is 0 Å². The van der Waals surface area contributed by atoms with E-state index in [0.29, 0.717) is 13.1 Å². The predicted octanol–water partition coefficient (Wildman–Crippen LogP) is 0.408. The molecule has 9 nitrogen and oxygen atoms in total. The van der Waals surface area contributed by atoms with Gasteiger partial charge in [0, 0.05) is 18.8 Å². The first kappa shape index (κ1) is 17.9. The molecular weight excluding hydrogens is 360 g/mol. The van der Waals surface area contributed by atoms with Crippen molar-refractivity contribution < 1.29 is 13.2 Å². The Kier molecular flexibility index (Phi) is 4.68. The molecule has 1 saturated heterocycles. The molecule has 3 rings (SSSR count). The lowest BCUT2D eigenvalue weighted by molar-refractivity contribution is 0.0794. The van der Waals surface area contributed by atoms with E-state index in [1.807, 2.05) is 4.98 Å². The van der Waals surface area contributed by atoms with Gasteiger partial charge in [0.05, 0.1) is 11.3 Å². The molecule has 1 aromatic carbocycles. The Labute approximate surface area is 149 Å². The first-order valence-electron chi connectivity index (χ1n) is 8.04. The molecule has 1 fully saturated rings. The Morgan fingerprint density at radius 1 is 1.12 bits per heavy atom. The van der Waals surface area contributed by atoms with Gasteiger partial charge in [-0.05, 0) is 31.9 Å². The Hall–Kier alpha value is -2.88. The lowest BCUT2D eigenvalue weighted by Crippen LogP contribution is -2.32. The largest absolute Gasteiger partial charge is 0.339 e. The summed E-state index contributed by atoms with van der Waals surface area (Å²) in [6.07, 6.45) is 1.82. The Morgan fingerprint density at radius 3 is 2.42 bits per heavy atom. The van der Waals surface area contributed by atoms with Crippen LogP contribution < -0.4 is 16.0 Å². The maximum absolute atomic E-state index is 12.7. The molecule has 0 radical (unpaired) electrons. The summed E-state index contributed by atoms with van der Waals surface area (Å²) in [5, 5.41) is 0. The van der Waals surface area contributed by atoms with Gasteiger partial charge in [0.15, 0.2) is 4.90 Å². The number of aromatic nitrogens is 2. The van der Waals surface area contributed by atoms with Crippen LogP contribution in [0.15, 0.2) is 38.8 Å². The van der Waals surface area contributed by atoms with Crippen molar-refractivity contribution in [1.29, 1.82) is 0 Å². The summed E-state index contributed by atoms with van der Waals surface area (Å²) in [5.41, 5.74) is -1.63. The number of aryl methyl sites for hydroxylation is 1. The van der Waals surface area contributed by atoms with E-state index in [0.717, 1.165) is 12.8 Å². The van der Waals surface area contributed by atoms with Crippen molar-refractivity contribution in [1.82, 2.24) is 14.9 Å². The van der Waals surface area contributed by atoms with Crippen LogP contribution in [0.2, 0.25) is 0 Å². The number of rotatable bonds is 4. The van der Waals surface area contributed by atoms with Crippen LogP contribution in [0.1, 0.15) is 28.9 Å². The summed E-state index contributed by atoms with van der Waals surface area (Å²) in [4.78, 5) is 41.1. The minimum atomic E-state index is -4.31. The van der Waals surface area contributed by atoms with Crippen molar-refractivity contribution in [3.63, 3.8) is 0 Å². The normalized spacial score (nSPS) is 14.4. The van der Waals surface area contributed by atoms with Crippen molar-refractivity contribution in [2.75, 3.05) is 17.8 Å².